The first-order valence-electron chi connectivity index (χ1n) is 13.2. The second-order valence-corrected chi connectivity index (χ2v) is 11.7. The Bertz CT molecular complexity index is 1090. The molecule has 2 aromatic carbocycles. The zero-order valence-corrected chi connectivity index (χ0v) is 22.1. The van der Waals surface area contributed by atoms with Crippen LogP contribution in [0.1, 0.15) is 66.9 Å². The maximum absolute atomic E-state index is 13.2. The monoisotopic (exact) mass is 513 g/mol. The van der Waals surface area contributed by atoms with Crippen LogP contribution >= 0.6 is 0 Å². The molecule has 0 aromatic heterocycles. The van der Waals surface area contributed by atoms with Crippen molar-refractivity contribution < 1.29 is 17.9 Å². The molecule has 1 unspecified atom stereocenters. The van der Waals surface area contributed by atoms with Crippen LogP contribution < -0.4 is 10.1 Å². The molecule has 36 heavy (non-hydrogen) atoms. The molecule has 4 rings (SSSR count). The molecule has 0 spiro atoms. The summed E-state index contributed by atoms with van der Waals surface area (Å²) >= 11 is 0. The highest BCUT2D eigenvalue weighted by Crippen LogP contribution is 2.26. The molecule has 2 saturated heterocycles. The SMILES string of the molecule is COc1ccc(C(CNCC(=O)c2cccc(S(=O)(=O)N3CCCCCC3)c2)N2CCCCC2)cc1. The number of carbonyl (C=O) groups is 1. The van der Waals surface area contributed by atoms with E-state index in [-0.39, 0.29) is 23.3 Å². The van der Waals surface area contributed by atoms with Crippen LogP contribution in [-0.2, 0) is 10.0 Å². The van der Waals surface area contributed by atoms with Crippen molar-refractivity contribution in [3.8, 4) is 5.75 Å². The van der Waals surface area contributed by atoms with Crippen molar-refractivity contribution in [2.75, 3.05) is 46.4 Å². The van der Waals surface area contributed by atoms with Crippen molar-refractivity contribution in [1.29, 1.82) is 0 Å². The minimum Gasteiger partial charge on any atom is -0.497 e. The van der Waals surface area contributed by atoms with Crippen LogP contribution in [0.2, 0.25) is 0 Å². The minimum atomic E-state index is -3.59. The summed E-state index contributed by atoms with van der Waals surface area (Å²) in [7, 11) is -1.92. The van der Waals surface area contributed by atoms with Gasteiger partial charge in [-0.25, -0.2) is 8.42 Å². The lowest BCUT2D eigenvalue weighted by atomic mass is 10.0. The van der Waals surface area contributed by atoms with E-state index in [4.69, 9.17) is 4.74 Å². The number of benzene rings is 2. The molecule has 2 fully saturated rings. The Kier molecular flexibility index (Phi) is 9.53. The standard InChI is InChI=1S/C28H39N3O4S/c1-35-25-14-12-23(13-15-25)27(30-16-5-4-6-17-30)21-29-22-28(32)24-10-9-11-26(20-24)36(33,34)31-18-7-2-3-8-19-31/h9-15,20,27,29H,2-8,16-19,21-22H2,1H3. The number of ether oxygens (including phenoxy) is 1. The number of likely N-dealkylation sites (tertiary alicyclic amines) is 1. The molecule has 2 aliphatic heterocycles. The van der Waals surface area contributed by atoms with Crippen LogP contribution in [0.3, 0.4) is 0 Å². The molecule has 2 aromatic rings. The number of ketones is 1. The number of piperidine rings is 1. The van der Waals surface area contributed by atoms with Gasteiger partial charge in [0.15, 0.2) is 5.78 Å². The number of hydrogen-bond donors (Lipinski definition) is 1. The smallest absolute Gasteiger partial charge is 0.243 e. The highest BCUT2D eigenvalue weighted by Gasteiger charge is 2.26. The first-order valence-corrected chi connectivity index (χ1v) is 14.7. The van der Waals surface area contributed by atoms with Gasteiger partial charge in [0.1, 0.15) is 5.75 Å². The number of nitrogens with zero attached hydrogens (tertiary/aromatic N) is 2. The molecule has 0 radical (unpaired) electrons. The van der Waals surface area contributed by atoms with Gasteiger partial charge in [-0.1, -0.05) is 43.5 Å². The topological polar surface area (TPSA) is 78.9 Å². The fourth-order valence-electron chi connectivity index (χ4n) is 5.20. The zero-order chi connectivity index (χ0) is 25.4. The predicted molar refractivity (Wildman–Crippen MR) is 142 cm³/mol. The van der Waals surface area contributed by atoms with Gasteiger partial charge < -0.3 is 10.1 Å². The fourth-order valence-corrected chi connectivity index (χ4v) is 6.76. The highest BCUT2D eigenvalue weighted by atomic mass is 32.2. The Morgan fingerprint density at radius 3 is 2.22 bits per heavy atom. The van der Waals surface area contributed by atoms with Gasteiger partial charge in [0.25, 0.3) is 0 Å². The quantitative estimate of drug-likeness (QED) is 0.479. The summed E-state index contributed by atoms with van der Waals surface area (Å²) in [6.45, 7) is 3.99. The molecule has 7 nitrogen and oxygen atoms in total. The number of carbonyl (C=O) groups excluding carboxylic acids is 1. The lowest BCUT2D eigenvalue weighted by molar-refractivity contribution is 0.0983. The van der Waals surface area contributed by atoms with E-state index in [9.17, 15) is 13.2 Å². The molecular weight excluding hydrogens is 474 g/mol. The number of methoxy groups -OCH3 is 1. The summed E-state index contributed by atoms with van der Waals surface area (Å²) in [5, 5.41) is 3.36. The van der Waals surface area contributed by atoms with Crippen molar-refractivity contribution in [1.82, 2.24) is 14.5 Å². The number of hydrogen-bond acceptors (Lipinski definition) is 6. The van der Waals surface area contributed by atoms with Gasteiger partial charge >= 0.3 is 0 Å². The molecular formula is C28H39N3O4S. The van der Waals surface area contributed by atoms with E-state index in [0.717, 1.165) is 44.5 Å². The summed E-state index contributed by atoms with van der Waals surface area (Å²) in [4.78, 5) is 15.7. The van der Waals surface area contributed by atoms with Gasteiger partial charge in [-0.05, 0) is 68.6 Å². The summed E-state index contributed by atoms with van der Waals surface area (Å²) in [6.07, 6.45) is 7.51. The van der Waals surface area contributed by atoms with Crippen molar-refractivity contribution in [2.45, 2.75) is 55.9 Å². The third-order valence-corrected chi connectivity index (χ3v) is 9.21. The van der Waals surface area contributed by atoms with Gasteiger partial charge in [-0.3, -0.25) is 9.69 Å². The highest BCUT2D eigenvalue weighted by molar-refractivity contribution is 7.89. The van der Waals surface area contributed by atoms with Gasteiger partial charge in [0.05, 0.1) is 18.6 Å². The number of rotatable bonds is 10. The second-order valence-electron chi connectivity index (χ2n) is 9.79. The summed E-state index contributed by atoms with van der Waals surface area (Å²) < 4.78 is 33.2. The first kappa shape index (κ1) is 26.8. The van der Waals surface area contributed by atoms with E-state index in [1.165, 1.54) is 30.9 Å². The Balaban J connectivity index is 1.41. The van der Waals surface area contributed by atoms with E-state index in [1.807, 2.05) is 12.1 Å². The van der Waals surface area contributed by atoms with E-state index >= 15 is 0 Å². The van der Waals surface area contributed by atoms with E-state index in [1.54, 1.807) is 29.6 Å². The molecule has 0 aliphatic carbocycles. The average molecular weight is 514 g/mol. The third-order valence-electron chi connectivity index (χ3n) is 7.31. The van der Waals surface area contributed by atoms with Crippen molar-refractivity contribution in [3.05, 3.63) is 59.7 Å². The molecule has 1 atom stereocenters. The molecule has 0 bridgehead atoms. The summed E-state index contributed by atoms with van der Waals surface area (Å²) in [6, 6.07) is 14.8. The largest absolute Gasteiger partial charge is 0.497 e. The minimum absolute atomic E-state index is 0.102. The predicted octanol–water partition coefficient (Wildman–Crippen LogP) is 4.26. The molecule has 8 heteroatoms. The lowest BCUT2D eigenvalue weighted by Gasteiger charge is -2.35. The molecule has 2 heterocycles. The maximum Gasteiger partial charge on any atom is 0.243 e. The first-order chi connectivity index (χ1) is 17.5. The number of nitrogens with one attached hydrogen (secondary N) is 1. The van der Waals surface area contributed by atoms with Crippen LogP contribution in [0, 0.1) is 0 Å². The van der Waals surface area contributed by atoms with Gasteiger partial charge in [-0.2, -0.15) is 4.31 Å². The average Bonchev–Trinajstić information content (AvgIpc) is 3.22. The van der Waals surface area contributed by atoms with E-state index in [2.05, 4.69) is 22.3 Å². The summed E-state index contributed by atoms with van der Waals surface area (Å²) in [5.74, 6) is 0.726. The second kappa shape index (κ2) is 12.8. The fraction of sp³-hybridized carbons (Fsp3) is 0.536. The van der Waals surface area contributed by atoms with Gasteiger partial charge in [-0.15, -0.1) is 0 Å². The Morgan fingerprint density at radius 2 is 1.56 bits per heavy atom. The molecule has 1 N–H and O–H groups in total. The number of Topliss-reactive ketones (excluding diaryl/α,β-unsaturated/α-hetero) is 1. The van der Waals surface area contributed by atoms with Crippen molar-refractivity contribution in [3.63, 3.8) is 0 Å². The summed E-state index contributed by atoms with van der Waals surface area (Å²) in [5.41, 5.74) is 1.63. The number of sulfonamides is 1. The van der Waals surface area contributed by atoms with Crippen LogP contribution in [0.5, 0.6) is 5.75 Å². The van der Waals surface area contributed by atoms with Crippen LogP contribution in [-0.4, -0.2) is 69.8 Å². The van der Waals surface area contributed by atoms with Crippen molar-refractivity contribution >= 4 is 15.8 Å². The normalized spacial score (nSPS) is 18.9. The molecule has 0 amide bonds. The van der Waals surface area contributed by atoms with Crippen molar-refractivity contribution in [2.24, 2.45) is 0 Å². The van der Waals surface area contributed by atoms with Crippen LogP contribution in [0.25, 0.3) is 0 Å². The Labute approximate surface area is 215 Å². The zero-order valence-electron chi connectivity index (χ0n) is 21.3. The lowest BCUT2D eigenvalue weighted by Crippen LogP contribution is -2.40. The molecule has 0 saturated carbocycles. The Morgan fingerprint density at radius 1 is 0.917 bits per heavy atom. The molecule has 196 valence electrons. The van der Waals surface area contributed by atoms with E-state index < -0.39 is 10.0 Å². The van der Waals surface area contributed by atoms with E-state index in [0.29, 0.717) is 25.2 Å². The Hall–Kier alpha value is -2.26. The van der Waals surface area contributed by atoms with Gasteiger partial charge in [0.2, 0.25) is 10.0 Å². The third kappa shape index (κ3) is 6.73. The molecule has 2 aliphatic rings. The van der Waals surface area contributed by atoms with Gasteiger partial charge in [0, 0.05) is 31.2 Å². The van der Waals surface area contributed by atoms with Crippen LogP contribution in [0.4, 0.5) is 0 Å². The maximum atomic E-state index is 13.2. The van der Waals surface area contributed by atoms with Crippen LogP contribution in [0.15, 0.2) is 53.4 Å².